The Hall–Kier alpha value is -1.15. The van der Waals surface area contributed by atoms with Crippen molar-refractivity contribution >= 4 is 5.91 Å². The van der Waals surface area contributed by atoms with Gasteiger partial charge in [0, 0.05) is 26.4 Å². The summed E-state index contributed by atoms with van der Waals surface area (Å²) < 4.78 is 30.1. The van der Waals surface area contributed by atoms with E-state index in [4.69, 9.17) is 11.2 Å². The molecular formula is C12H17F2NO2. The smallest absolute Gasteiger partial charge is 0.248 e. The monoisotopic (exact) mass is 245 g/mol. The molecule has 1 N–H and O–H groups in total. The van der Waals surface area contributed by atoms with Crippen LogP contribution in [0.2, 0.25) is 0 Å². The highest BCUT2D eigenvalue weighted by Gasteiger charge is 2.45. The van der Waals surface area contributed by atoms with Crippen molar-refractivity contribution in [2.24, 2.45) is 5.92 Å². The average Bonchev–Trinajstić information content (AvgIpc) is 2.22. The van der Waals surface area contributed by atoms with Crippen LogP contribution in [-0.4, -0.2) is 31.1 Å². The third kappa shape index (κ3) is 3.97. The lowest BCUT2D eigenvalue weighted by atomic mass is 9.79. The first-order chi connectivity index (χ1) is 7.88. The summed E-state index contributed by atoms with van der Waals surface area (Å²) in [5.41, 5.74) is 0. The number of terminal acetylenes is 1. The van der Waals surface area contributed by atoms with Crippen LogP contribution in [0.4, 0.5) is 8.78 Å². The van der Waals surface area contributed by atoms with Crippen LogP contribution in [0.1, 0.15) is 26.2 Å². The van der Waals surface area contributed by atoms with E-state index in [0.29, 0.717) is 0 Å². The van der Waals surface area contributed by atoms with E-state index in [1.807, 2.05) is 0 Å². The van der Waals surface area contributed by atoms with E-state index in [2.05, 4.69) is 11.2 Å². The van der Waals surface area contributed by atoms with E-state index < -0.39 is 12.0 Å². The van der Waals surface area contributed by atoms with Gasteiger partial charge < -0.3 is 10.1 Å². The normalized spacial score (nSPS) is 22.1. The molecular weight excluding hydrogens is 228 g/mol. The summed E-state index contributed by atoms with van der Waals surface area (Å²) >= 11 is 0. The molecule has 96 valence electrons. The van der Waals surface area contributed by atoms with Crippen molar-refractivity contribution in [2.75, 3.05) is 7.11 Å². The van der Waals surface area contributed by atoms with Crippen LogP contribution in [0.5, 0.6) is 0 Å². The molecule has 1 fully saturated rings. The number of hydrogen-bond donors (Lipinski definition) is 1. The summed E-state index contributed by atoms with van der Waals surface area (Å²) in [6.45, 7) is 1.74. The van der Waals surface area contributed by atoms with Crippen molar-refractivity contribution in [3.05, 3.63) is 0 Å². The molecule has 2 atom stereocenters. The molecule has 1 rings (SSSR count). The summed E-state index contributed by atoms with van der Waals surface area (Å²) in [6.07, 6.45) is 4.64. The second-order valence-electron chi connectivity index (χ2n) is 4.49. The first kappa shape index (κ1) is 13.9. The van der Waals surface area contributed by atoms with Gasteiger partial charge in [0.25, 0.3) is 0 Å². The summed E-state index contributed by atoms with van der Waals surface area (Å²) in [5.74, 6) is -0.712. The zero-order valence-electron chi connectivity index (χ0n) is 10.0. The summed E-state index contributed by atoms with van der Waals surface area (Å²) in [4.78, 5) is 11.5. The molecule has 1 amide bonds. The molecule has 0 bridgehead atoms. The zero-order chi connectivity index (χ0) is 13.1. The van der Waals surface area contributed by atoms with Gasteiger partial charge in [-0.15, -0.1) is 6.42 Å². The molecule has 0 aliphatic heterocycles. The molecule has 1 aliphatic carbocycles. The highest BCUT2D eigenvalue weighted by atomic mass is 19.3. The van der Waals surface area contributed by atoms with Gasteiger partial charge >= 0.3 is 0 Å². The molecule has 0 saturated heterocycles. The van der Waals surface area contributed by atoms with Gasteiger partial charge in [0.2, 0.25) is 11.8 Å². The van der Waals surface area contributed by atoms with Gasteiger partial charge in [0.15, 0.2) is 0 Å². The topological polar surface area (TPSA) is 38.3 Å². The quantitative estimate of drug-likeness (QED) is 0.747. The number of nitrogens with one attached hydrogen (secondary N) is 1. The number of rotatable bonds is 5. The fraction of sp³-hybridized carbons (Fsp3) is 0.750. The van der Waals surface area contributed by atoms with Crippen molar-refractivity contribution in [3.63, 3.8) is 0 Å². The van der Waals surface area contributed by atoms with E-state index in [1.165, 1.54) is 7.11 Å². The van der Waals surface area contributed by atoms with Gasteiger partial charge in [-0.3, -0.25) is 4.79 Å². The zero-order valence-corrected chi connectivity index (χ0v) is 10.0. The second kappa shape index (κ2) is 5.46. The van der Waals surface area contributed by atoms with Crippen molar-refractivity contribution in [3.8, 4) is 12.3 Å². The molecule has 0 aromatic heterocycles. The predicted molar refractivity (Wildman–Crippen MR) is 59.5 cm³/mol. The minimum atomic E-state index is -2.59. The van der Waals surface area contributed by atoms with Gasteiger partial charge in [-0.1, -0.05) is 5.92 Å². The van der Waals surface area contributed by atoms with Gasteiger partial charge in [-0.25, -0.2) is 8.78 Å². The molecule has 5 heteroatoms. The third-order valence-corrected chi connectivity index (χ3v) is 2.99. The minimum Gasteiger partial charge on any atom is -0.379 e. The molecule has 0 radical (unpaired) electrons. The van der Waals surface area contributed by atoms with Crippen LogP contribution in [0.15, 0.2) is 0 Å². The summed E-state index contributed by atoms with van der Waals surface area (Å²) in [5, 5.41) is 2.60. The Bertz CT molecular complexity index is 317. The van der Waals surface area contributed by atoms with Crippen LogP contribution >= 0.6 is 0 Å². The molecule has 0 aromatic rings. The largest absolute Gasteiger partial charge is 0.379 e. The van der Waals surface area contributed by atoms with Crippen LogP contribution in [0, 0.1) is 18.3 Å². The van der Waals surface area contributed by atoms with Crippen molar-refractivity contribution in [1.82, 2.24) is 5.32 Å². The first-order valence-corrected chi connectivity index (χ1v) is 5.54. The Balaban J connectivity index is 2.32. The summed E-state index contributed by atoms with van der Waals surface area (Å²) in [7, 11) is 1.49. The van der Waals surface area contributed by atoms with Crippen LogP contribution in [0.25, 0.3) is 0 Å². The number of ether oxygens (including phenoxy) is 1. The highest BCUT2D eigenvalue weighted by molar-refractivity contribution is 5.77. The Morgan fingerprint density at radius 1 is 1.65 bits per heavy atom. The van der Waals surface area contributed by atoms with E-state index in [9.17, 15) is 13.6 Å². The molecule has 0 spiro atoms. The Morgan fingerprint density at radius 3 is 2.65 bits per heavy atom. The first-order valence-electron chi connectivity index (χ1n) is 5.54. The van der Waals surface area contributed by atoms with Gasteiger partial charge in [-0.2, -0.15) is 0 Å². The van der Waals surface area contributed by atoms with Crippen molar-refractivity contribution < 1.29 is 18.3 Å². The molecule has 0 unspecified atom stereocenters. The number of alkyl halides is 2. The molecule has 3 nitrogen and oxygen atoms in total. The van der Waals surface area contributed by atoms with Crippen LogP contribution in [0.3, 0.4) is 0 Å². The number of halogens is 2. The standard InChI is InChI=1S/C12H17F2NO2/c1-4-10(8(2)17-3)15-11(16)5-9-6-12(13,14)7-9/h1,8-10H,5-7H2,2-3H3,(H,15,16)/t8-,10-/m0/s1. The predicted octanol–water partition coefficient (Wildman–Crippen LogP) is 1.57. The van der Waals surface area contributed by atoms with Gasteiger partial charge in [-0.05, 0) is 12.8 Å². The van der Waals surface area contributed by atoms with Crippen LogP contribution in [-0.2, 0) is 9.53 Å². The SMILES string of the molecule is C#C[C@H](NC(=O)CC1CC(F)(F)C1)[C@H](C)OC. The van der Waals surface area contributed by atoms with E-state index in [1.54, 1.807) is 6.92 Å². The highest BCUT2D eigenvalue weighted by Crippen LogP contribution is 2.43. The summed E-state index contributed by atoms with van der Waals surface area (Å²) in [6, 6.07) is -0.520. The lowest BCUT2D eigenvalue weighted by Gasteiger charge is -2.34. The molecule has 0 heterocycles. The number of hydrogen-bond acceptors (Lipinski definition) is 2. The lowest BCUT2D eigenvalue weighted by molar-refractivity contribution is -0.134. The minimum absolute atomic E-state index is 0.101. The molecule has 1 saturated carbocycles. The van der Waals surface area contributed by atoms with Gasteiger partial charge in [0.05, 0.1) is 6.10 Å². The van der Waals surface area contributed by atoms with E-state index in [0.717, 1.165) is 0 Å². The van der Waals surface area contributed by atoms with Crippen molar-refractivity contribution in [1.29, 1.82) is 0 Å². The maximum atomic E-state index is 12.6. The molecule has 1 aliphatic rings. The number of carbonyl (C=O) groups excluding carboxylic acids is 1. The second-order valence-corrected chi connectivity index (χ2v) is 4.49. The average molecular weight is 245 g/mol. The Kier molecular flexibility index (Phi) is 4.47. The molecule has 17 heavy (non-hydrogen) atoms. The third-order valence-electron chi connectivity index (χ3n) is 2.99. The van der Waals surface area contributed by atoms with E-state index >= 15 is 0 Å². The molecule has 0 aromatic carbocycles. The lowest BCUT2D eigenvalue weighted by Crippen LogP contribution is -2.44. The maximum Gasteiger partial charge on any atom is 0.248 e. The number of amides is 1. The van der Waals surface area contributed by atoms with E-state index in [-0.39, 0.29) is 37.2 Å². The van der Waals surface area contributed by atoms with Gasteiger partial charge in [0.1, 0.15) is 6.04 Å². The van der Waals surface area contributed by atoms with Crippen LogP contribution < -0.4 is 5.32 Å². The Morgan fingerprint density at radius 2 is 2.24 bits per heavy atom. The number of methoxy groups -OCH3 is 1. The Labute approximate surface area is 99.9 Å². The fourth-order valence-electron chi connectivity index (χ4n) is 1.85. The maximum absolute atomic E-state index is 12.6. The van der Waals surface area contributed by atoms with Crippen molar-refractivity contribution in [2.45, 2.75) is 44.3 Å². The number of carbonyl (C=O) groups is 1. The fourth-order valence-corrected chi connectivity index (χ4v) is 1.85.